The van der Waals surface area contributed by atoms with Gasteiger partial charge in [0.1, 0.15) is 33.2 Å². The maximum atomic E-state index is 12.5. The molecule has 0 saturated carbocycles. The fourth-order valence-electron chi connectivity index (χ4n) is 2.25. The summed E-state index contributed by atoms with van der Waals surface area (Å²) in [5.41, 5.74) is 0.0155. The molecule has 3 N–H and O–H groups in total. The summed E-state index contributed by atoms with van der Waals surface area (Å²) in [7, 11) is 0. The van der Waals surface area contributed by atoms with Crippen LogP contribution in [0, 0.1) is 6.92 Å². The van der Waals surface area contributed by atoms with E-state index in [1.54, 1.807) is 6.92 Å². The number of phenols is 3. The van der Waals surface area contributed by atoms with Crippen molar-refractivity contribution in [3.05, 3.63) is 39.0 Å². The average molecular weight is 293 g/mol. The van der Waals surface area contributed by atoms with Gasteiger partial charge in [-0.15, -0.1) is 0 Å². The van der Waals surface area contributed by atoms with Gasteiger partial charge in [-0.25, -0.2) is 0 Å². The zero-order valence-corrected chi connectivity index (χ0v) is 11.0. The van der Waals surface area contributed by atoms with Crippen molar-refractivity contribution in [2.24, 2.45) is 0 Å². The standard InChI is InChI=1S/C14H9ClO5/c1-5-2-8(18)12(15)14-10(5)13(19)11-7(17)3-6(16)4-9(11)20-14/h2-4,16-18H,1H3. The fraction of sp³-hybridized carbons (Fsp3) is 0.0714. The maximum absolute atomic E-state index is 12.5. The molecule has 0 amide bonds. The van der Waals surface area contributed by atoms with E-state index in [0.717, 1.165) is 6.07 Å². The van der Waals surface area contributed by atoms with Crippen LogP contribution >= 0.6 is 11.6 Å². The summed E-state index contributed by atoms with van der Waals surface area (Å²) in [6.45, 7) is 1.62. The third-order valence-electron chi connectivity index (χ3n) is 3.13. The number of fused-ring (bicyclic) bond motifs is 2. The van der Waals surface area contributed by atoms with Crippen LogP contribution in [0.15, 0.2) is 27.4 Å². The van der Waals surface area contributed by atoms with Crippen LogP contribution < -0.4 is 5.43 Å². The van der Waals surface area contributed by atoms with Gasteiger partial charge in [-0.2, -0.15) is 0 Å². The number of hydrogen-bond donors (Lipinski definition) is 3. The first kappa shape index (κ1) is 12.6. The second-order valence-electron chi connectivity index (χ2n) is 4.50. The van der Waals surface area contributed by atoms with E-state index in [2.05, 4.69) is 0 Å². The zero-order chi connectivity index (χ0) is 14.6. The van der Waals surface area contributed by atoms with Crippen LogP contribution in [0.2, 0.25) is 5.02 Å². The molecule has 0 bridgehead atoms. The number of halogens is 1. The molecule has 20 heavy (non-hydrogen) atoms. The Hall–Kier alpha value is -2.40. The molecule has 3 rings (SSSR count). The molecule has 3 aromatic rings. The van der Waals surface area contributed by atoms with Gasteiger partial charge in [-0.05, 0) is 18.6 Å². The summed E-state index contributed by atoms with van der Waals surface area (Å²) in [5.74, 6) is -0.826. The number of benzene rings is 2. The highest BCUT2D eigenvalue weighted by Gasteiger charge is 2.18. The van der Waals surface area contributed by atoms with Gasteiger partial charge in [0.25, 0.3) is 0 Å². The lowest BCUT2D eigenvalue weighted by Crippen LogP contribution is -2.04. The maximum Gasteiger partial charge on any atom is 0.204 e. The van der Waals surface area contributed by atoms with Crippen molar-refractivity contribution in [2.45, 2.75) is 6.92 Å². The van der Waals surface area contributed by atoms with Gasteiger partial charge in [0.2, 0.25) is 5.43 Å². The van der Waals surface area contributed by atoms with Crippen molar-refractivity contribution in [2.75, 3.05) is 0 Å². The monoisotopic (exact) mass is 292 g/mol. The predicted octanol–water partition coefficient (Wildman–Crippen LogP) is 3.02. The van der Waals surface area contributed by atoms with Crippen molar-refractivity contribution >= 4 is 33.5 Å². The molecule has 0 unspecified atom stereocenters. The third kappa shape index (κ3) is 1.60. The lowest BCUT2D eigenvalue weighted by molar-refractivity contribution is 0.453. The highest BCUT2D eigenvalue weighted by Crippen LogP contribution is 2.37. The molecule has 2 aromatic carbocycles. The second kappa shape index (κ2) is 4.05. The number of rotatable bonds is 0. The minimum atomic E-state index is -0.474. The first-order chi connectivity index (χ1) is 9.40. The molecule has 102 valence electrons. The number of phenolic OH excluding ortho intramolecular Hbond substituents is 3. The number of aryl methyl sites for hydroxylation is 1. The summed E-state index contributed by atoms with van der Waals surface area (Å²) in [5, 5.41) is 29.0. The quantitative estimate of drug-likeness (QED) is 0.554. The van der Waals surface area contributed by atoms with Gasteiger partial charge in [0.15, 0.2) is 5.58 Å². The molecule has 5 nitrogen and oxygen atoms in total. The molecule has 0 fully saturated rings. The summed E-state index contributed by atoms with van der Waals surface area (Å²) in [6, 6.07) is 3.61. The topological polar surface area (TPSA) is 90.9 Å². The lowest BCUT2D eigenvalue weighted by atomic mass is 10.1. The molecule has 1 heterocycles. The van der Waals surface area contributed by atoms with Crippen molar-refractivity contribution in [1.29, 1.82) is 0 Å². The fourth-order valence-corrected chi connectivity index (χ4v) is 2.44. The highest BCUT2D eigenvalue weighted by atomic mass is 35.5. The molecule has 6 heteroatoms. The van der Waals surface area contributed by atoms with Crippen LogP contribution in [0.1, 0.15) is 5.56 Å². The summed E-state index contributed by atoms with van der Waals surface area (Å²) >= 11 is 5.94. The summed E-state index contributed by atoms with van der Waals surface area (Å²) in [6.07, 6.45) is 0. The van der Waals surface area contributed by atoms with Crippen LogP contribution in [0.4, 0.5) is 0 Å². The predicted molar refractivity (Wildman–Crippen MR) is 74.7 cm³/mol. The molecular weight excluding hydrogens is 284 g/mol. The van der Waals surface area contributed by atoms with E-state index in [0.29, 0.717) is 5.56 Å². The van der Waals surface area contributed by atoms with E-state index in [1.807, 2.05) is 0 Å². The first-order valence-corrected chi connectivity index (χ1v) is 6.08. The van der Waals surface area contributed by atoms with Crippen molar-refractivity contribution in [1.82, 2.24) is 0 Å². The van der Waals surface area contributed by atoms with Crippen LogP contribution in [-0.2, 0) is 0 Å². The molecule has 0 aliphatic carbocycles. The van der Waals surface area contributed by atoms with E-state index < -0.39 is 5.43 Å². The molecule has 0 radical (unpaired) electrons. The molecule has 0 saturated heterocycles. The van der Waals surface area contributed by atoms with Crippen molar-refractivity contribution in [3.8, 4) is 17.2 Å². The normalized spacial score (nSPS) is 11.3. The Morgan fingerprint density at radius 2 is 1.75 bits per heavy atom. The van der Waals surface area contributed by atoms with E-state index >= 15 is 0 Å². The van der Waals surface area contributed by atoms with Crippen molar-refractivity contribution in [3.63, 3.8) is 0 Å². The first-order valence-electron chi connectivity index (χ1n) is 5.70. The van der Waals surface area contributed by atoms with Gasteiger partial charge >= 0.3 is 0 Å². The van der Waals surface area contributed by atoms with E-state index in [-0.39, 0.29) is 44.2 Å². The van der Waals surface area contributed by atoms with Gasteiger partial charge in [-0.3, -0.25) is 4.79 Å². The summed E-state index contributed by atoms with van der Waals surface area (Å²) < 4.78 is 5.47. The number of hydrogen-bond acceptors (Lipinski definition) is 5. The Labute approximate surface area is 117 Å². The molecule has 0 aliphatic heterocycles. The van der Waals surface area contributed by atoms with Gasteiger partial charge in [0.05, 0.1) is 5.39 Å². The van der Waals surface area contributed by atoms with Gasteiger partial charge in [0, 0.05) is 12.1 Å². The molecule has 1 aromatic heterocycles. The molecular formula is C14H9ClO5. The molecule has 0 spiro atoms. The Morgan fingerprint density at radius 1 is 1.05 bits per heavy atom. The van der Waals surface area contributed by atoms with Crippen molar-refractivity contribution < 1.29 is 19.7 Å². The Balaban J connectivity index is 2.69. The highest BCUT2D eigenvalue weighted by molar-refractivity contribution is 6.36. The van der Waals surface area contributed by atoms with Crippen LogP contribution in [0.5, 0.6) is 17.2 Å². The minimum absolute atomic E-state index is 0.00750. The average Bonchev–Trinajstić information content (AvgIpc) is 2.34. The molecule has 0 atom stereocenters. The second-order valence-corrected chi connectivity index (χ2v) is 4.88. The van der Waals surface area contributed by atoms with Crippen LogP contribution in [-0.4, -0.2) is 15.3 Å². The van der Waals surface area contributed by atoms with E-state index in [1.165, 1.54) is 12.1 Å². The zero-order valence-electron chi connectivity index (χ0n) is 10.3. The minimum Gasteiger partial charge on any atom is -0.508 e. The number of aromatic hydroxyl groups is 3. The lowest BCUT2D eigenvalue weighted by Gasteiger charge is -2.08. The smallest absolute Gasteiger partial charge is 0.204 e. The Bertz CT molecular complexity index is 927. The van der Waals surface area contributed by atoms with E-state index in [4.69, 9.17) is 16.0 Å². The van der Waals surface area contributed by atoms with Gasteiger partial charge in [-0.1, -0.05) is 11.6 Å². The largest absolute Gasteiger partial charge is 0.508 e. The van der Waals surface area contributed by atoms with Crippen LogP contribution in [0.25, 0.3) is 21.9 Å². The van der Waals surface area contributed by atoms with Crippen LogP contribution in [0.3, 0.4) is 0 Å². The summed E-state index contributed by atoms with van der Waals surface area (Å²) in [4.78, 5) is 12.5. The molecule has 0 aliphatic rings. The third-order valence-corrected chi connectivity index (χ3v) is 3.50. The Morgan fingerprint density at radius 3 is 2.45 bits per heavy atom. The SMILES string of the molecule is Cc1cc(O)c(Cl)c2oc3cc(O)cc(O)c3c(=O)c12. The van der Waals surface area contributed by atoms with Gasteiger partial charge < -0.3 is 19.7 Å². The van der Waals surface area contributed by atoms with E-state index in [9.17, 15) is 20.1 Å². The Kier molecular flexibility index (Phi) is 2.55.